The summed E-state index contributed by atoms with van der Waals surface area (Å²) in [5, 5.41) is 8.80. The van der Waals surface area contributed by atoms with E-state index in [-0.39, 0.29) is 18.6 Å². The standard InChI is InChI=1S/C17H23FN2O5/c1-12(25-14-5-3-4-13(18)8-14)17(23)20-6-7-24-15(10-20)9-19(2)11-16(21)22/h3-5,8,12,15H,6-7,9-11H2,1-2H3,(H,21,22)/t12-,15-/m1/s1. The predicted octanol–water partition coefficient (Wildman–Crippen LogP) is 0.837. The molecule has 1 saturated heterocycles. The van der Waals surface area contributed by atoms with Crippen LogP contribution in [-0.2, 0) is 14.3 Å². The average molecular weight is 354 g/mol. The van der Waals surface area contributed by atoms with Gasteiger partial charge in [-0.05, 0) is 26.1 Å². The zero-order valence-electron chi connectivity index (χ0n) is 14.4. The highest BCUT2D eigenvalue weighted by molar-refractivity contribution is 5.81. The Balaban J connectivity index is 1.88. The highest BCUT2D eigenvalue weighted by atomic mass is 19.1. The molecule has 25 heavy (non-hydrogen) atoms. The van der Waals surface area contributed by atoms with Gasteiger partial charge in [0.15, 0.2) is 6.10 Å². The van der Waals surface area contributed by atoms with Crippen LogP contribution >= 0.6 is 0 Å². The molecule has 2 atom stereocenters. The fourth-order valence-electron chi connectivity index (χ4n) is 2.73. The van der Waals surface area contributed by atoms with Crippen LogP contribution < -0.4 is 4.74 Å². The van der Waals surface area contributed by atoms with Gasteiger partial charge in [-0.1, -0.05) is 6.07 Å². The Bertz CT molecular complexity index is 612. The minimum absolute atomic E-state index is 0.0904. The first-order chi connectivity index (χ1) is 11.8. The summed E-state index contributed by atoms with van der Waals surface area (Å²) in [6.45, 7) is 3.12. The Kier molecular flexibility index (Phi) is 6.72. The highest BCUT2D eigenvalue weighted by Crippen LogP contribution is 2.16. The molecule has 1 heterocycles. The monoisotopic (exact) mass is 354 g/mol. The van der Waals surface area contributed by atoms with Crippen LogP contribution in [0.5, 0.6) is 5.75 Å². The van der Waals surface area contributed by atoms with Gasteiger partial charge in [0.05, 0.1) is 19.3 Å². The molecule has 2 rings (SSSR count). The molecule has 0 radical (unpaired) electrons. The number of hydrogen-bond acceptors (Lipinski definition) is 5. The molecule has 0 aliphatic carbocycles. The van der Waals surface area contributed by atoms with E-state index >= 15 is 0 Å². The maximum Gasteiger partial charge on any atom is 0.317 e. The first-order valence-corrected chi connectivity index (χ1v) is 8.08. The summed E-state index contributed by atoms with van der Waals surface area (Å²) < 4.78 is 24.3. The Labute approximate surface area is 145 Å². The van der Waals surface area contributed by atoms with Gasteiger partial charge in [0.1, 0.15) is 11.6 Å². The summed E-state index contributed by atoms with van der Waals surface area (Å²) in [4.78, 5) is 26.5. The van der Waals surface area contributed by atoms with E-state index in [1.807, 2.05) is 0 Å². The molecule has 0 unspecified atom stereocenters. The highest BCUT2D eigenvalue weighted by Gasteiger charge is 2.29. The SMILES string of the molecule is C[C@@H](Oc1cccc(F)c1)C(=O)N1CCO[C@H](CN(C)CC(=O)O)C1. The maximum absolute atomic E-state index is 13.2. The van der Waals surface area contributed by atoms with Crippen LogP contribution in [0.25, 0.3) is 0 Å². The van der Waals surface area contributed by atoms with Crippen LogP contribution in [0.2, 0.25) is 0 Å². The minimum Gasteiger partial charge on any atom is -0.481 e. The lowest BCUT2D eigenvalue weighted by molar-refractivity contribution is -0.147. The number of carboxylic acid groups (broad SMARTS) is 1. The quantitative estimate of drug-likeness (QED) is 0.782. The lowest BCUT2D eigenvalue weighted by atomic mass is 10.2. The number of carbonyl (C=O) groups excluding carboxylic acids is 1. The van der Waals surface area contributed by atoms with Gasteiger partial charge < -0.3 is 19.5 Å². The van der Waals surface area contributed by atoms with Crippen LogP contribution in [0.1, 0.15) is 6.92 Å². The number of morpholine rings is 1. The molecular formula is C17H23FN2O5. The molecule has 138 valence electrons. The van der Waals surface area contributed by atoms with Crippen molar-refractivity contribution in [3.05, 3.63) is 30.1 Å². The van der Waals surface area contributed by atoms with E-state index in [0.29, 0.717) is 32.0 Å². The largest absolute Gasteiger partial charge is 0.481 e. The van der Waals surface area contributed by atoms with Crippen molar-refractivity contribution in [2.75, 3.05) is 39.8 Å². The Morgan fingerprint density at radius 3 is 2.96 bits per heavy atom. The summed E-state index contributed by atoms with van der Waals surface area (Å²) in [6, 6.07) is 5.65. The Morgan fingerprint density at radius 2 is 2.28 bits per heavy atom. The number of hydrogen-bond donors (Lipinski definition) is 1. The molecular weight excluding hydrogens is 331 g/mol. The molecule has 1 aliphatic heterocycles. The number of likely N-dealkylation sites (N-methyl/N-ethyl adjacent to an activating group) is 1. The number of amides is 1. The van der Waals surface area contributed by atoms with Crippen molar-refractivity contribution in [1.29, 1.82) is 0 Å². The summed E-state index contributed by atoms with van der Waals surface area (Å²) >= 11 is 0. The third-order valence-corrected chi connectivity index (χ3v) is 3.83. The smallest absolute Gasteiger partial charge is 0.317 e. The topological polar surface area (TPSA) is 79.3 Å². The van der Waals surface area contributed by atoms with Crippen molar-refractivity contribution >= 4 is 11.9 Å². The molecule has 0 saturated carbocycles. The van der Waals surface area contributed by atoms with E-state index in [1.165, 1.54) is 18.2 Å². The maximum atomic E-state index is 13.2. The second kappa shape index (κ2) is 8.77. The number of ether oxygens (including phenoxy) is 2. The number of carboxylic acids is 1. The van der Waals surface area contributed by atoms with E-state index in [4.69, 9.17) is 14.6 Å². The third-order valence-electron chi connectivity index (χ3n) is 3.83. The predicted molar refractivity (Wildman–Crippen MR) is 87.9 cm³/mol. The molecule has 1 amide bonds. The summed E-state index contributed by atoms with van der Waals surface area (Å²) in [6.07, 6.45) is -1.01. The van der Waals surface area contributed by atoms with Crippen molar-refractivity contribution in [1.82, 2.24) is 9.80 Å². The Hall–Kier alpha value is -2.19. The van der Waals surface area contributed by atoms with Crippen molar-refractivity contribution in [2.45, 2.75) is 19.1 Å². The van der Waals surface area contributed by atoms with Crippen LogP contribution in [0.15, 0.2) is 24.3 Å². The van der Waals surface area contributed by atoms with E-state index in [9.17, 15) is 14.0 Å². The fourth-order valence-corrected chi connectivity index (χ4v) is 2.73. The second-order valence-electron chi connectivity index (χ2n) is 6.08. The van der Waals surface area contributed by atoms with Crippen LogP contribution in [0, 0.1) is 5.82 Å². The zero-order chi connectivity index (χ0) is 18.4. The molecule has 1 aromatic carbocycles. The fraction of sp³-hybridized carbons (Fsp3) is 0.529. The van der Waals surface area contributed by atoms with Crippen LogP contribution in [0.4, 0.5) is 4.39 Å². The van der Waals surface area contributed by atoms with Gasteiger partial charge in [0.2, 0.25) is 0 Å². The molecule has 8 heteroatoms. The van der Waals surface area contributed by atoms with Crippen molar-refractivity contribution in [2.24, 2.45) is 0 Å². The third kappa shape index (κ3) is 5.99. The van der Waals surface area contributed by atoms with E-state index in [1.54, 1.807) is 29.8 Å². The molecule has 1 aliphatic rings. The number of halogens is 1. The normalized spacial score (nSPS) is 18.9. The first-order valence-electron chi connectivity index (χ1n) is 8.08. The minimum atomic E-state index is -0.914. The van der Waals surface area contributed by atoms with Crippen molar-refractivity contribution in [3.8, 4) is 5.75 Å². The van der Waals surface area contributed by atoms with Gasteiger partial charge in [-0.15, -0.1) is 0 Å². The summed E-state index contributed by atoms with van der Waals surface area (Å²) in [7, 11) is 1.69. The van der Waals surface area contributed by atoms with Gasteiger partial charge in [0, 0.05) is 25.7 Å². The molecule has 0 bridgehead atoms. The van der Waals surface area contributed by atoms with Gasteiger partial charge in [0.25, 0.3) is 5.91 Å². The van der Waals surface area contributed by atoms with Gasteiger partial charge in [-0.2, -0.15) is 0 Å². The van der Waals surface area contributed by atoms with E-state index in [2.05, 4.69) is 0 Å². The molecule has 7 nitrogen and oxygen atoms in total. The molecule has 0 spiro atoms. The van der Waals surface area contributed by atoms with Crippen molar-refractivity contribution in [3.63, 3.8) is 0 Å². The molecule has 1 N–H and O–H groups in total. The summed E-state index contributed by atoms with van der Waals surface area (Å²) in [5.41, 5.74) is 0. The van der Waals surface area contributed by atoms with Crippen LogP contribution in [0.3, 0.4) is 0 Å². The lowest BCUT2D eigenvalue weighted by Crippen LogP contribution is -2.52. The molecule has 0 aromatic heterocycles. The van der Waals surface area contributed by atoms with E-state index < -0.39 is 17.9 Å². The average Bonchev–Trinajstić information content (AvgIpc) is 2.53. The lowest BCUT2D eigenvalue weighted by Gasteiger charge is -2.35. The van der Waals surface area contributed by atoms with Gasteiger partial charge in [-0.25, -0.2) is 4.39 Å². The number of rotatable bonds is 7. The summed E-state index contributed by atoms with van der Waals surface area (Å²) in [5.74, 6) is -1.25. The number of nitrogens with zero attached hydrogens (tertiary/aromatic N) is 2. The van der Waals surface area contributed by atoms with Gasteiger partial charge in [-0.3, -0.25) is 14.5 Å². The van der Waals surface area contributed by atoms with E-state index in [0.717, 1.165) is 0 Å². The van der Waals surface area contributed by atoms with Crippen molar-refractivity contribution < 1.29 is 28.6 Å². The zero-order valence-corrected chi connectivity index (χ0v) is 14.4. The molecule has 1 fully saturated rings. The molecule has 1 aromatic rings. The number of aliphatic carboxylic acids is 1. The second-order valence-corrected chi connectivity index (χ2v) is 6.08. The number of carbonyl (C=O) groups is 2. The first kappa shape index (κ1) is 19.1. The number of benzene rings is 1. The van der Waals surface area contributed by atoms with Gasteiger partial charge >= 0.3 is 5.97 Å². The Morgan fingerprint density at radius 1 is 1.52 bits per heavy atom. The van der Waals surface area contributed by atoms with Crippen LogP contribution in [-0.4, -0.2) is 78.8 Å².